The maximum atomic E-state index is 11.6. The lowest BCUT2D eigenvalue weighted by Gasteiger charge is -2.23. The van der Waals surface area contributed by atoms with Crippen LogP contribution < -0.4 is 5.32 Å². The highest BCUT2D eigenvalue weighted by Crippen LogP contribution is 2.35. The highest BCUT2D eigenvalue weighted by Gasteiger charge is 2.50. The Morgan fingerprint density at radius 3 is 2.54 bits per heavy atom. The summed E-state index contributed by atoms with van der Waals surface area (Å²) >= 11 is 0. The van der Waals surface area contributed by atoms with Crippen LogP contribution in [-0.4, -0.2) is 68.5 Å². The van der Waals surface area contributed by atoms with Crippen LogP contribution in [0.15, 0.2) is 12.7 Å². The minimum absolute atomic E-state index is 0.421. The quantitative estimate of drug-likeness (QED) is 0.674. The lowest BCUT2D eigenvalue weighted by Crippen LogP contribution is -2.40. The molecule has 11 nitrogen and oxygen atoms in total. The molecule has 2 N–H and O–H groups in total. The molecule has 3 rings (SSSR count). The van der Waals surface area contributed by atoms with Crippen molar-refractivity contribution in [1.29, 1.82) is 0 Å². The van der Waals surface area contributed by atoms with Crippen LogP contribution in [0.3, 0.4) is 0 Å². The number of rotatable bonds is 5. The average Bonchev–Trinajstić information content (AvgIpc) is 3.16. The Morgan fingerprint density at radius 2 is 1.92 bits per heavy atom. The van der Waals surface area contributed by atoms with Gasteiger partial charge in [-0.2, -0.15) is 0 Å². The smallest absolute Gasteiger partial charge is 0.303 e. The third-order valence-electron chi connectivity index (χ3n) is 3.94. The van der Waals surface area contributed by atoms with Gasteiger partial charge in [-0.05, 0) is 0 Å². The third kappa shape index (κ3) is 3.18. The fourth-order valence-corrected chi connectivity index (χ4v) is 2.95. The third-order valence-corrected chi connectivity index (χ3v) is 3.94. The molecule has 2 aromatic rings. The molecule has 1 aliphatic heterocycles. The lowest BCUT2D eigenvalue weighted by molar-refractivity contribution is -0.165. The number of carbonyl (C=O) groups is 2. The number of fused-ring (bicyclic) bond motifs is 1. The maximum Gasteiger partial charge on any atom is 0.303 e. The number of nitrogens with zero attached hydrogens (tertiary/aromatic N) is 4. The van der Waals surface area contributed by atoms with Crippen LogP contribution in [0.4, 0.5) is 5.82 Å². The van der Waals surface area contributed by atoms with Crippen molar-refractivity contribution in [2.75, 3.05) is 19.0 Å². The Hall–Kier alpha value is -2.79. The van der Waals surface area contributed by atoms with E-state index in [2.05, 4.69) is 20.3 Å². The molecule has 0 saturated carbocycles. The van der Waals surface area contributed by atoms with E-state index in [0.29, 0.717) is 17.0 Å². The fraction of sp³-hybridized carbons (Fsp3) is 0.533. The van der Waals surface area contributed by atoms with Gasteiger partial charge >= 0.3 is 11.9 Å². The van der Waals surface area contributed by atoms with Gasteiger partial charge in [0.2, 0.25) is 0 Å². The fourth-order valence-electron chi connectivity index (χ4n) is 2.95. The van der Waals surface area contributed by atoms with Crippen LogP contribution in [0.2, 0.25) is 0 Å². The van der Waals surface area contributed by atoms with Gasteiger partial charge in [-0.25, -0.2) is 15.0 Å². The zero-order valence-electron chi connectivity index (χ0n) is 14.4. The van der Waals surface area contributed by atoms with E-state index in [1.54, 1.807) is 11.6 Å². The van der Waals surface area contributed by atoms with E-state index >= 15 is 0 Å². The molecule has 3 heterocycles. The summed E-state index contributed by atoms with van der Waals surface area (Å²) in [4.78, 5) is 35.6. The summed E-state index contributed by atoms with van der Waals surface area (Å²) in [5, 5.41) is 12.5. The first-order valence-corrected chi connectivity index (χ1v) is 7.92. The molecule has 1 fully saturated rings. The summed E-state index contributed by atoms with van der Waals surface area (Å²) in [6.07, 6.45) is -0.865. The van der Waals surface area contributed by atoms with Crippen molar-refractivity contribution in [3.8, 4) is 0 Å². The molecular weight excluding hydrogens is 346 g/mol. The van der Waals surface area contributed by atoms with Crippen molar-refractivity contribution in [2.24, 2.45) is 0 Å². The van der Waals surface area contributed by atoms with Crippen LogP contribution in [0.1, 0.15) is 20.1 Å². The molecule has 0 amide bonds. The van der Waals surface area contributed by atoms with Gasteiger partial charge in [-0.15, -0.1) is 0 Å². The number of esters is 2. The molecule has 26 heavy (non-hydrogen) atoms. The van der Waals surface area contributed by atoms with Gasteiger partial charge in [-0.3, -0.25) is 14.2 Å². The molecule has 0 bridgehead atoms. The zero-order chi connectivity index (χ0) is 18.8. The van der Waals surface area contributed by atoms with Gasteiger partial charge in [0.25, 0.3) is 0 Å². The molecule has 0 radical (unpaired) electrons. The number of carbonyl (C=O) groups excluding carboxylic acids is 2. The van der Waals surface area contributed by atoms with Crippen molar-refractivity contribution >= 4 is 28.9 Å². The van der Waals surface area contributed by atoms with Gasteiger partial charge in [0.15, 0.2) is 29.9 Å². The maximum absolute atomic E-state index is 11.6. The normalized spacial score (nSPS) is 25.2. The first-order valence-electron chi connectivity index (χ1n) is 7.92. The number of aromatic nitrogens is 4. The first kappa shape index (κ1) is 18.0. The predicted molar refractivity (Wildman–Crippen MR) is 87.0 cm³/mol. The molecule has 2 aromatic heterocycles. The summed E-state index contributed by atoms with van der Waals surface area (Å²) in [5.74, 6) is -0.634. The van der Waals surface area contributed by atoms with Crippen LogP contribution in [0.25, 0.3) is 11.2 Å². The molecule has 4 atom stereocenters. The van der Waals surface area contributed by atoms with Crippen LogP contribution in [-0.2, 0) is 23.8 Å². The largest absolute Gasteiger partial charge is 0.456 e. The molecule has 140 valence electrons. The van der Waals surface area contributed by atoms with Gasteiger partial charge in [-0.1, -0.05) is 0 Å². The summed E-state index contributed by atoms with van der Waals surface area (Å²) in [5.41, 5.74) is 0.934. The number of ether oxygens (including phenoxy) is 3. The lowest BCUT2D eigenvalue weighted by atomic mass is 10.1. The topological polar surface area (TPSA) is 138 Å². The number of aliphatic hydroxyl groups excluding tert-OH is 1. The molecular formula is C15H19N5O6. The molecule has 4 unspecified atom stereocenters. The Bertz CT molecular complexity index is 824. The van der Waals surface area contributed by atoms with Gasteiger partial charge in [0.05, 0.1) is 12.9 Å². The van der Waals surface area contributed by atoms with Crippen LogP contribution in [0.5, 0.6) is 0 Å². The summed E-state index contributed by atoms with van der Waals surface area (Å²) in [6.45, 7) is 2.04. The number of aliphatic hydroxyl groups is 1. The monoisotopic (exact) mass is 365 g/mol. The molecule has 0 aliphatic carbocycles. The van der Waals surface area contributed by atoms with E-state index in [-0.39, 0.29) is 0 Å². The van der Waals surface area contributed by atoms with Gasteiger partial charge in [0.1, 0.15) is 17.9 Å². The zero-order valence-corrected chi connectivity index (χ0v) is 14.4. The Kier molecular flexibility index (Phi) is 5.00. The summed E-state index contributed by atoms with van der Waals surface area (Å²) in [6, 6.07) is 0. The Morgan fingerprint density at radius 1 is 1.23 bits per heavy atom. The second kappa shape index (κ2) is 7.22. The second-order valence-electron chi connectivity index (χ2n) is 5.69. The molecule has 1 aliphatic rings. The van der Waals surface area contributed by atoms with E-state index in [1.165, 1.54) is 26.5 Å². The number of imidazole rings is 1. The SMILES string of the molecule is CNc1ncnc2c1ncn2C1OC(CO)C(OC(C)=O)C1OC(C)=O. The van der Waals surface area contributed by atoms with Crippen LogP contribution >= 0.6 is 0 Å². The van der Waals surface area contributed by atoms with Gasteiger partial charge in [0, 0.05) is 20.9 Å². The summed E-state index contributed by atoms with van der Waals surface area (Å²) in [7, 11) is 1.70. The van der Waals surface area contributed by atoms with E-state index in [1.807, 2.05) is 0 Å². The van der Waals surface area contributed by atoms with Crippen molar-refractivity contribution in [3.05, 3.63) is 12.7 Å². The van der Waals surface area contributed by atoms with Gasteiger partial charge < -0.3 is 24.6 Å². The number of hydrogen-bond donors (Lipinski definition) is 2. The van der Waals surface area contributed by atoms with E-state index in [9.17, 15) is 14.7 Å². The standard InChI is InChI=1S/C15H19N5O6/c1-7(22)24-11-9(4-21)26-15(12(11)25-8(2)23)20-6-19-10-13(16-3)17-5-18-14(10)20/h5-6,9,11-12,15,21H,4H2,1-3H3,(H,16,17,18). The minimum atomic E-state index is -0.973. The Labute approximate surface area is 148 Å². The van der Waals surface area contributed by atoms with Crippen molar-refractivity contribution in [1.82, 2.24) is 19.5 Å². The van der Waals surface area contributed by atoms with Crippen LogP contribution in [0, 0.1) is 0 Å². The number of anilines is 1. The highest BCUT2D eigenvalue weighted by atomic mass is 16.6. The molecule has 1 saturated heterocycles. The number of nitrogens with one attached hydrogen (secondary N) is 1. The van der Waals surface area contributed by atoms with Crippen molar-refractivity contribution < 1.29 is 28.9 Å². The average molecular weight is 365 g/mol. The Balaban J connectivity index is 2.04. The van der Waals surface area contributed by atoms with E-state index < -0.39 is 43.1 Å². The predicted octanol–water partition coefficient (Wildman–Crippen LogP) is -0.379. The summed E-state index contributed by atoms with van der Waals surface area (Å²) < 4.78 is 17.9. The number of hydrogen-bond acceptors (Lipinski definition) is 10. The van der Waals surface area contributed by atoms with Crippen molar-refractivity contribution in [2.45, 2.75) is 38.4 Å². The first-order chi connectivity index (χ1) is 12.5. The van der Waals surface area contributed by atoms with E-state index in [4.69, 9.17) is 14.2 Å². The molecule has 0 spiro atoms. The molecule has 0 aromatic carbocycles. The highest BCUT2D eigenvalue weighted by molar-refractivity contribution is 5.82. The van der Waals surface area contributed by atoms with E-state index in [0.717, 1.165) is 0 Å². The molecule has 11 heteroatoms. The second-order valence-corrected chi connectivity index (χ2v) is 5.69. The minimum Gasteiger partial charge on any atom is -0.456 e. The van der Waals surface area contributed by atoms with Crippen molar-refractivity contribution in [3.63, 3.8) is 0 Å².